The monoisotopic (exact) mass is 377 g/mol. The van der Waals surface area contributed by atoms with Crippen LogP contribution in [-0.4, -0.2) is 50.7 Å². The number of furan rings is 1. The normalized spacial score (nSPS) is 24.8. The summed E-state index contributed by atoms with van der Waals surface area (Å²) in [6.45, 7) is 4.87. The third-order valence-electron chi connectivity index (χ3n) is 5.74. The third-order valence-corrected chi connectivity index (χ3v) is 6.05. The number of carbonyl (C=O) groups excluding carboxylic acids is 1. The molecule has 1 aliphatic carbocycles. The van der Waals surface area contributed by atoms with Crippen molar-refractivity contribution in [1.82, 2.24) is 10.2 Å². The van der Waals surface area contributed by atoms with Crippen LogP contribution in [0.25, 0.3) is 11.0 Å². The largest absolute Gasteiger partial charge is 0.463 e. The van der Waals surface area contributed by atoms with E-state index in [1.165, 1.54) is 6.26 Å². The molecule has 26 heavy (non-hydrogen) atoms. The molecule has 1 saturated carbocycles. The van der Waals surface area contributed by atoms with E-state index >= 15 is 0 Å². The summed E-state index contributed by atoms with van der Waals surface area (Å²) in [6, 6.07) is 3.32. The molecule has 4 rings (SSSR count). The first kappa shape index (κ1) is 17.6. The number of halogens is 1. The maximum atomic E-state index is 12.6. The first-order valence-corrected chi connectivity index (χ1v) is 9.42. The molecule has 2 atom stereocenters. The number of benzene rings is 1. The number of carbonyl (C=O) groups is 1. The fraction of sp³-hybridized carbons (Fsp3) is 0.526. The van der Waals surface area contributed by atoms with Gasteiger partial charge in [0.05, 0.1) is 22.5 Å². The van der Waals surface area contributed by atoms with Gasteiger partial charge in [-0.25, -0.2) is 0 Å². The minimum atomic E-state index is -0.159. The molecule has 1 aliphatic heterocycles. The van der Waals surface area contributed by atoms with E-state index in [0.717, 1.165) is 32.7 Å². The van der Waals surface area contributed by atoms with Crippen LogP contribution in [0.2, 0.25) is 5.02 Å². The number of nitrogens with zero attached hydrogens (tertiary/aromatic N) is 1. The van der Waals surface area contributed by atoms with Gasteiger partial charge in [0.25, 0.3) is 5.91 Å². The summed E-state index contributed by atoms with van der Waals surface area (Å²) in [5.41, 5.74) is 7.32. The van der Waals surface area contributed by atoms with Crippen LogP contribution in [-0.2, 0) is 4.74 Å². The summed E-state index contributed by atoms with van der Waals surface area (Å²) in [5, 5.41) is 4.10. The number of hydrogen-bond donors (Lipinski definition) is 2. The van der Waals surface area contributed by atoms with E-state index in [9.17, 15) is 4.79 Å². The van der Waals surface area contributed by atoms with Gasteiger partial charge in [-0.15, -0.1) is 0 Å². The van der Waals surface area contributed by atoms with Crippen molar-refractivity contribution in [1.29, 1.82) is 0 Å². The van der Waals surface area contributed by atoms with Gasteiger partial charge in [-0.3, -0.25) is 4.79 Å². The molecular weight excluding hydrogens is 354 g/mol. The van der Waals surface area contributed by atoms with E-state index in [-0.39, 0.29) is 5.91 Å². The van der Waals surface area contributed by atoms with Gasteiger partial charge in [-0.1, -0.05) is 11.6 Å². The Labute approximate surface area is 157 Å². The number of piperidine rings is 1. The first-order valence-electron chi connectivity index (χ1n) is 9.04. The van der Waals surface area contributed by atoms with Crippen molar-refractivity contribution in [3.63, 3.8) is 0 Å². The lowest BCUT2D eigenvalue weighted by Crippen LogP contribution is -2.31. The van der Waals surface area contributed by atoms with E-state index in [1.54, 1.807) is 19.2 Å². The second kappa shape index (κ2) is 7.10. The summed E-state index contributed by atoms with van der Waals surface area (Å²) >= 11 is 6.15. The summed E-state index contributed by atoms with van der Waals surface area (Å²) in [5.74, 6) is 1.83. The topological polar surface area (TPSA) is 80.7 Å². The van der Waals surface area contributed by atoms with Crippen LogP contribution in [0.15, 0.2) is 22.8 Å². The Kier molecular flexibility index (Phi) is 4.82. The lowest BCUT2D eigenvalue weighted by atomic mass is 10.1. The Morgan fingerprint density at radius 3 is 2.96 bits per heavy atom. The van der Waals surface area contributed by atoms with Crippen LogP contribution in [0.5, 0.6) is 0 Å². The van der Waals surface area contributed by atoms with Gasteiger partial charge in [-0.05, 0) is 36.3 Å². The summed E-state index contributed by atoms with van der Waals surface area (Å²) in [7, 11) is 1.74. The first-order chi connectivity index (χ1) is 12.6. The molecule has 3 N–H and O–H groups in total. The van der Waals surface area contributed by atoms with Gasteiger partial charge in [0.1, 0.15) is 5.58 Å². The summed E-state index contributed by atoms with van der Waals surface area (Å²) in [4.78, 5) is 15.1. The summed E-state index contributed by atoms with van der Waals surface area (Å²) in [6.07, 6.45) is 2.60. The van der Waals surface area contributed by atoms with Crippen LogP contribution in [0, 0.1) is 17.8 Å². The highest BCUT2D eigenvalue weighted by Gasteiger charge is 2.54. The van der Waals surface area contributed by atoms with Crippen molar-refractivity contribution in [2.45, 2.75) is 6.42 Å². The highest BCUT2D eigenvalue weighted by Crippen LogP contribution is 2.51. The third kappa shape index (κ3) is 3.17. The number of amides is 1. The van der Waals surface area contributed by atoms with E-state index in [0.29, 0.717) is 51.5 Å². The van der Waals surface area contributed by atoms with E-state index < -0.39 is 0 Å². The quantitative estimate of drug-likeness (QED) is 0.572. The number of nitrogens with one attached hydrogen (secondary N) is 1. The second-order valence-electron chi connectivity index (χ2n) is 7.29. The molecule has 2 heterocycles. The van der Waals surface area contributed by atoms with Crippen molar-refractivity contribution < 1.29 is 13.9 Å². The zero-order chi connectivity index (χ0) is 18.3. The Hall–Kier alpha value is -1.76. The standard InChI is InChI=1S/C19H24ClN3O3/c1-25-5-2-4-23-9-14-13(15(14)10-23)8-22-19(24)12-7-16(20)17(21)11-3-6-26-18(11)12/h3,6-7,13-15H,2,4-5,8-10,21H2,1H3,(H,22,24). The Morgan fingerprint density at radius 2 is 2.23 bits per heavy atom. The number of hydrogen-bond acceptors (Lipinski definition) is 5. The number of methoxy groups -OCH3 is 1. The van der Waals surface area contributed by atoms with Crippen LogP contribution in [0.4, 0.5) is 5.69 Å². The number of likely N-dealkylation sites (tertiary alicyclic amines) is 1. The average molecular weight is 378 g/mol. The molecule has 140 valence electrons. The molecule has 2 aliphatic rings. The zero-order valence-corrected chi connectivity index (χ0v) is 15.6. The minimum absolute atomic E-state index is 0.159. The zero-order valence-electron chi connectivity index (χ0n) is 14.8. The molecule has 0 bridgehead atoms. The Balaban J connectivity index is 1.32. The Morgan fingerprint density at radius 1 is 1.46 bits per heavy atom. The predicted octanol–water partition coefficient (Wildman–Crippen LogP) is 2.61. The van der Waals surface area contributed by atoms with E-state index in [1.807, 2.05) is 0 Å². The van der Waals surface area contributed by atoms with Gasteiger partial charge in [0.2, 0.25) is 0 Å². The molecule has 1 amide bonds. The molecule has 2 fully saturated rings. The van der Waals surface area contributed by atoms with Gasteiger partial charge in [0.15, 0.2) is 0 Å². The van der Waals surface area contributed by atoms with Gasteiger partial charge < -0.3 is 25.1 Å². The molecule has 0 radical (unpaired) electrons. The number of anilines is 1. The number of ether oxygens (including phenoxy) is 1. The fourth-order valence-corrected chi connectivity index (χ4v) is 4.47. The molecule has 7 heteroatoms. The van der Waals surface area contributed by atoms with Crippen LogP contribution < -0.4 is 11.1 Å². The smallest absolute Gasteiger partial charge is 0.255 e. The van der Waals surface area contributed by atoms with Crippen LogP contribution >= 0.6 is 11.6 Å². The minimum Gasteiger partial charge on any atom is -0.463 e. The molecule has 1 aromatic heterocycles. The number of rotatable bonds is 7. The second-order valence-corrected chi connectivity index (χ2v) is 7.70. The lowest BCUT2D eigenvalue weighted by Gasteiger charge is -2.19. The van der Waals surface area contributed by atoms with E-state index in [4.69, 9.17) is 26.5 Å². The molecule has 2 aromatic rings. The van der Waals surface area contributed by atoms with Crippen molar-refractivity contribution in [3.05, 3.63) is 29.0 Å². The van der Waals surface area contributed by atoms with Crippen LogP contribution in [0.3, 0.4) is 0 Å². The van der Waals surface area contributed by atoms with Crippen molar-refractivity contribution in [3.8, 4) is 0 Å². The van der Waals surface area contributed by atoms with Gasteiger partial charge in [-0.2, -0.15) is 0 Å². The molecular formula is C19H24ClN3O3. The SMILES string of the molecule is COCCCN1CC2C(CNC(=O)c3cc(Cl)c(N)c4ccoc34)C2C1. The average Bonchev–Trinajstić information content (AvgIpc) is 3.00. The number of nitrogen functional groups attached to an aromatic ring is 1. The highest BCUT2D eigenvalue weighted by molar-refractivity contribution is 6.35. The predicted molar refractivity (Wildman–Crippen MR) is 101 cm³/mol. The molecule has 1 aromatic carbocycles. The van der Waals surface area contributed by atoms with Gasteiger partial charge in [0, 0.05) is 45.3 Å². The number of nitrogens with two attached hydrogens (primary N) is 1. The van der Waals surface area contributed by atoms with Crippen LogP contribution in [0.1, 0.15) is 16.8 Å². The lowest BCUT2D eigenvalue weighted by molar-refractivity contribution is 0.0949. The highest BCUT2D eigenvalue weighted by atomic mass is 35.5. The maximum Gasteiger partial charge on any atom is 0.255 e. The Bertz CT molecular complexity index is 810. The number of fused-ring (bicyclic) bond motifs is 2. The molecule has 1 saturated heterocycles. The molecule has 0 spiro atoms. The maximum absolute atomic E-state index is 12.6. The van der Waals surface area contributed by atoms with Gasteiger partial charge >= 0.3 is 0 Å². The molecule has 2 unspecified atom stereocenters. The van der Waals surface area contributed by atoms with E-state index in [2.05, 4.69) is 10.2 Å². The van der Waals surface area contributed by atoms with Crippen molar-refractivity contribution in [2.75, 3.05) is 45.6 Å². The van der Waals surface area contributed by atoms with Crippen molar-refractivity contribution in [2.24, 2.45) is 17.8 Å². The fourth-order valence-electron chi connectivity index (χ4n) is 4.26. The summed E-state index contributed by atoms with van der Waals surface area (Å²) < 4.78 is 10.6. The van der Waals surface area contributed by atoms with Crippen molar-refractivity contribution >= 4 is 34.2 Å². The molecule has 6 nitrogen and oxygen atoms in total.